The zero-order chi connectivity index (χ0) is 15.1. The Morgan fingerprint density at radius 3 is 3.10 bits per heavy atom. The molecule has 1 aromatic carbocycles. The number of hydrogen-bond acceptors (Lipinski definition) is 4. The predicted molar refractivity (Wildman–Crippen MR) is 86.3 cm³/mol. The Morgan fingerprint density at radius 1 is 1.48 bits per heavy atom. The van der Waals surface area contributed by atoms with Crippen LogP contribution in [-0.2, 0) is 11.2 Å². The van der Waals surface area contributed by atoms with E-state index < -0.39 is 0 Å². The van der Waals surface area contributed by atoms with Gasteiger partial charge in [-0.3, -0.25) is 4.79 Å². The largest absolute Gasteiger partial charge is 0.493 e. The molecule has 1 atom stereocenters. The van der Waals surface area contributed by atoms with E-state index >= 15 is 0 Å². The van der Waals surface area contributed by atoms with E-state index in [1.165, 1.54) is 6.42 Å². The minimum atomic E-state index is -0.110. The van der Waals surface area contributed by atoms with Gasteiger partial charge in [0.15, 0.2) is 11.5 Å². The first-order valence-electron chi connectivity index (χ1n) is 7.40. The molecule has 0 aromatic heterocycles. The van der Waals surface area contributed by atoms with Crippen LogP contribution in [0.25, 0.3) is 0 Å². The number of ether oxygens (including phenoxy) is 2. The van der Waals surface area contributed by atoms with Gasteiger partial charge < -0.3 is 14.8 Å². The van der Waals surface area contributed by atoms with Gasteiger partial charge in [-0.25, -0.2) is 0 Å². The van der Waals surface area contributed by atoms with Crippen LogP contribution in [-0.4, -0.2) is 37.7 Å². The van der Waals surface area contributed by atoms with Crippen molar-refractivity contribution in [3.05, 3.63) is 23.8 Å². The molecule has 0 bridgehead atoms. The average Bonchev–Trinajstić information content (AvgIpc) is 2.53. The molecular weight excluding hydrogens is 286 g/mol. The van der Waals surface area contributed by atoms with Gasteiger partial charge >= 0.3 is 0 Å². The summed E-state index contributed by atoms with van der Waals surface area (Å²) >= 11 is 1.87. The second kappa shape index (κ2) is 8.17. The monoisotopic (exact) mass is 309 g/mol. The smallest absolute Gasteiger partial charge is 0.226 e. The predicted octanol–water partition coefficient (Wildman–Crippen LogP) is 2.51. The number of thioether (sulfide) groups is 1. The lowest BCUT2D eigenvalue weighted by atomic mass is 9.95. The van der Waals surface area contributed by atoms with Gasteiger partial charge in [-0.15, -0.1) is 0 Å². The summed E-state index contributed by atoms with van der Waals surface area (Å²) in [7, 11) is 1.63. The SMILES string of the molecule is CCCSCCNC(=O)C1COc2c(cccc2OC)C1. The maximum Gasteiger partial charge on any atom is 0.226 e. The fraction of sp³-hybridized carbons (Fsp3) is 0.562. The van der Waals surface area contributed by atoms with E-state index in [2.05, 4.69) is 12.2 Å². The summed E-state index contributed by atoms with van der Waals surface area (Å²) < 4.78 is 11.0. The van der Waals surface area contributed by atoms with Gasteiger partial charge in [-0.2, -0.15) is 11.8 Å². The van der Waals surface area contributed by atoms with Crippen LogP contribution in [0.4, 0.5) is 0 Å². The Hall–Kier alpha value is -1.36. The summed E-state index contributed by atoms with van der Waals surface area (Å²) in [5.41, 5.74) is 1.04. The fourth-order valence-corrected chi connectivity index (χ4v) is 3.10. The Kier molecular flexibility index (Phi) is 6.23. The number of carbonyl (C=O) groups excluding carboxylic acids is 1. The number of rotatable bonds is 7. The molecule has 2 rings (SSSR count). The van der Waals surface area contributed by atoms with Crippen molar-refractivity contribution in [2.75, 3.05) is 31.8 Å². The van der Waals surface area contributed by atoms with Crippen LogP contribution in [0.1, 0.15) is 18.9 Å². The topological polar surface area (TPSA) is 47.6 Å². The van der Waals surface area contributed by atoms with Crippen molar-refractivity contribution in [1.82, 2.24) is 5.32 Å². The van der Waals surface area contributed by atoms with E-state index in [9.17, 15) is 4.79 Å². The average molecular weight is 309 g/mol. The standard InChI is InChI=1S/C16H23NO3S/c1-3-8-21-9-7-17-16(18)13-10-12-5-4-6-14(19-2)15(12)20-11-13/h4-6,13H,3,7-11H2,1-2H3,(H,17,18). The van der Waals surface area contributed by atoms with Gasteiger partial charge in [0.2, 0.25) is 5.91 Å². The van der Waals surface area contributed by atoms with Crippen molar-refractivity contribution in [3.8, 4) is 11.5 Å². The first kappa shape index (κ1) is 16.0. The van der Waals surface area contributed by atoms with Gasteiger partial charge in [-0.1, -0.05) is 19.1 Å². The molecule has 0 saturated heterocycles. The van der Waals surface area contributed by atoms with Gasteiger partial charge in [-0.05, 0) is 30.2 Å². The van der Waals surface area contributed by atoms with E-state index in [1.807, 2.05) is 30.0 Å². The van der Waals surface area contributed by atoms with Crippen LogP contribution < -0.4 is 14.8 Å². The molecule has 1 unspecified atom stereocenters. The van der Waals surface area contributed by atoms with Gasteiger partial charge in [0.05, 0.1) is 13.0 Å². The maximum atomic E-state index is 12.2. The van der Waals surface area contributed by atoms with Crippen molar-refractivity contribution < 1.29 is 14.3 Å². The van der Waals surface area contributed by atoms with Crippen LogP contribution >= 0.6 is 11.8 Å². The van der Waals surface area contributed by atoms with E-state index in [4.69, 9.17) is 9.47 Å². The first-order valence-corrected chi connectivity index (χ1v) is 8.55. The second-order valence-electron chi connectivity index (χ2n) is 5.06. The number of amides is 1. The highest BCUT2D eigenvalue weighted by Gasteiger charge is 2.27. The highest BCUT2D eigenvalue weighted by molar-refractivity contribution is 7.99. The third kappa shape index (κ3) is 4.30. The van der Waals surface area contributed by atoms with Gasteiger partial charge in [0, 0.05) is 12.3 Å². The van der Waals surface area contributed by atoms with Crippen molar-refractivity contribution >= 4 is 17.7 Å². The molecule has 1 amide bonds. The minimum absolute atomic E-state index is 0.0839. The Morgan fingerprint density at radius 2 is 2.33 bits per heavy atom. The molecule has 1 aromatic rings. The number of hydrogen-bond donors (Lipinski definition) is 1. The molecule has 0 spiro atoms. The molecule has 1 aliphatic rings. The van der Waals surface area contributed by atoms with Crippen molar-refractivity contribution in [2.24, 2.45) is 5.92 Å². The fourth-order valence-electron chi connectivity index (χ4n) is 2.36. The lowest BCUT2D eigenvalue weighted by Crippen LogP contribution is -2.38. The minimum Gasteiger partial charge on any atom is -0.493 e. The molecule has 0 aliphatic carbocycles. The number of carbonyl (C=O) groups is 1. The van der Waals surface area contributed by atoms with Crippen molar-refractivity contribution in [3.63, 3.8) is 0 Å². The second-order valence-corrected chi connectivity index (χ2v) is 6.29. The molecular formula is C16H23NO3S. The highest BCUT2D eigenvalue weighted by Crippen LogP contribution is 2.35. The summed E-state index contributed by atoms with van der Waals surface area (Å²) in [6.07, 6.45) is 1.88. The van der Waals surface area contributed by atoms with Gasteiger partial charge in [0.25, 0.3) is 0 Å². The summed E-state index contributed by atoms with van der Waals surface area (Å²) in [6, 6.07) is 5.81. The number of methoxy groups -OCH3 is 1. The third-order valence-electron chi connectivity index (χ3n) is 3.44. The maximum absolute atomic E-state index is 12.2. The van der Waals surface area contributed by atoms with E-state index in [-0.39, 0.29) is 11.8 Å². The van der Waals surface area contributed by atoms with Crippen LogP contribution in [0.3, 0.4) is 0 Å². The Bertz CT molecular complexity index is 479. The summed E-state index contributed by atoms with van der Waals surface area (Å²) in [5, 5.41) is 3.00. The van der Waals surface area contributed by atoms with E-state index in [0.717, 1.165) is 35.1 Å². The molecule has 21 heavy (non-hydrogen) atoms. The van der Waals surface area contributed by atoms with Crippen LogP contribution in [0.15, 0.2) is 18.2 Å². The van der Waals surface area contributed by atoms with Crippen molar-refractivity contribution in [1.29, 1.82) is 0 Å². The zero-order valence-corrected chi connectivity index (χ0v) is 13.5. The van der Waals surface area contributed by atoms with Crippen molar-refractivity contribution in [2.45, 2.75) is 19.8 Å². The van der Waals surface area contributed by atoms with E-state index in [1.54, 1.807) is 7.11 Å². The summed E-state index contributed by atoms with van der Waals surface area (Å²) in [5.74, 6) is 3.61. The third-order valence-corrected chi connectivity index (χ3v) is 4.63. The Labute approximate surface area is 130 Å². The number of fused-ring (bicyclic) bond motifs is 1. The molecule has 4 nitrogen and oxygen atoms in total. The summed E-state index contributed by atoms with van der Waals surface area (Å²) in [6.45, 7) is 3.31. The molecule has 0 fully saturated rings. The molecule has 1 heterocycles. The molecule has 116 valence electrons. The molecule has 0 radical (unpaired) electrons. The molecule has 5 heteroatoms. The number of para-hydroxylation sites is 1. The number of nitrogens with one attached hydrogen (secondary N) is 1. The lowest BCUT2D eigenvalue weighted by molar-refractivity contribution is -0.126. The molecule has 1 aliphatic heterocycles. The summed E-state index contributed by atoms with van der Waals surface area (Å²) in [4.78, 5) is 12.2. The molecule has 1 N–H and O–H groups in total. The number of benzene rings is 1. The zero-order valence-electron chi connectivity index (χ0n) is 12.7. The van der Waals surface area contributed by atoms with Gasteiger partial charge in [0.1, 0.15) is 6.61 Å². The normalized spacial score (nSPS) is 16.8. The quantitative estimate of drug-likeness (QED) is 0.786. The van der Waals surface area contributed by atoms with E-state index in [0.29, 0.717) is 13.0 Å². The lowest BCUT2D eigenvalue weighted by Gasteiger charge is -2.25. The van der Waals surface area contributed by atoms with Crippen LogP contribution in [0.5, 0.6) is 11.5 Å². The Balaban J connectivity index is 1.85. The molecule has 0 saturated carbocycles. The van der Waals surface area contributed by atoms with Crippen LogP contribution in [0.2, 0.25) is 0 Å². The first-order chi connectivity index (χ1) is 10.3. The van der Waals surface area contributed by atoms with Crippen LogP contribution in [0, 0.1) is 5.92 Å². The highest BCUT2D eigenvalue weighted by atomic mass is 32.2.